The number of hydrogen-bond donors (Lipinski definition) is 2. The summed E-state index contributed by atoms with van der Waals surface area (Å²) in [5, 5.41) is 8.01. The molecule has 0 atom stereocenters. The largest absolute Gasteiger partial charge is 0.357 e. The summed E-state index contributed by atoms with van der Waals surface area (Å²) in [6.07, 6.45) is 5.44. The highest BCUT2D eigenvalue weighted by Gasteiger charge is 2.11. The highest BCUT2D eigenvalue weighted by atomic mass is 127. The van der Waals surface area contributed by atoms with Gasteiger partial charge in [-0.3, -0.25) is 9.88 Å². The number of hydrogen-bond acceptors (Lipinski definition) is 3. The Kier molecular flexibility index (Phi) is 9.74. The van der Waals surface area contributed by atoms with E-state index >= 15 is 0 Å². The molecule has 6 heteroatoms. The van der Waals surface area contributed by atoms with Gasteiger partial charge in [0.1, 0.15) is 0 Å². The molecule has 4 rings (SSSR count). The first-order chi connectivity index (χ1) is 15.3. The number of likely N-dealkylation sites (tertiary alicyclic amines) is 1. The predicted molar refractivity (Wildman–Crippen MR) is 145 cm³/mol. The lowest BCUT2D eigenvalue weighted by molar-refractivity contribution is 0.331. The smallest absolute Gasteiger partial charge is 0.191 e. The van der Waals surface area contributed by atoms with Crippen LogP contribution in [0.5, 0.6) is 0 Å². The Labute approximate surface area is 208 Å². The molecule has 0 saturated carbocycles. The number of rotatable bonds is 8. The van der Waals surface area contributed by atoms with Crippen LogP contribution in [0.25, 0.3) is 10.9 Å². The highest BCUT2D eigenvalue weighted by molar-refractivity contribution is 14.0. The third kappa shape index (κ3) is 6.90. The summed E-state index contributed by atoms with van der Waals surface area (Å²) in [5.74, 6) is 0.858. The molecule has 5 nitrogen and oxygen atoms in total. The van der Waals surface area contributed by atoms with Crippen molar-refractivity contribution in [2.24, 2.45) is 4.99 Å². The van der Waals surface area contributed by atoms with Crippen molar-refractivity contribution in [3.8, 4) is 0 Å². The first-order valence-electron chi connectivity index (χ1n) is 11.5. The topological polar surface area (TPSA) is 52.6 Å². The molecule has 0 amide bonds. The fourth-order valence-corrected chi connectivity index (χ4v) is 4.15. The standard InChI is InChI=1S/C26H33N5.HI/c1-2-27-26(29-16-14-24-8-5-7-23-9-6-15-28-25(23)24)30-19-21-10-12-22(13-11-21)20-31-17-3-4-18-31;/h5-13,15H,2-4,14,16-20H2,1H3,(H2,27,29,30);1H. The zero-order valence-electron chi connectivity index (χ0n) is 18.9. The van der Waals surface area contributed by atoms with E-state index in [4.69, 9.17) is 4.99 Å². The number of guanidine groups is 1. The molecule has 0 radical (unpaired) electrons. The molecule has 2 N–H and O–H groups in total. The van der Waals surface area contributed by atoms with Gasteiger partial charge >= 0.3 is 0 Å². The molecule has 2 aromatic carbocycles. The number of aliphatic imine (C=N–C) groups is 1. The quantitative estimate of drug-likeness (QED) is 0.245. The minimum atomic E-state index is 0. The van der Waals surface area contributed by atoms with Crippen molar-refractivity contribution in [1.82, 2.24) is 20.5 Å². The van der Waals surface area contributed by atoms with Gasteiger partial charge in [-0.1, -0.05) is 48.5 Å². The van der Waals surface area contributed by atoms with Gasteiger partial charge in [-0.25, -0.2) is 4.99 Å². The summed E-state index contributed by atoms with van der Waals surface area (Å²) in [7, 11) is 0. The number of halogens is 1. The number of fused-ring (bicyclic) bond motifs is 1. The third-order valence-electron chi connectivity index (χ3n) is 5.79. The van der Waals surface area contributed by atoms with Crippen LogP contribution in [0.4, 0.5) is 0 Å². The van der Waals surface area contributed by atoms with Crippen LogP contribution in [-0.2, 0) is 19.5 Å². The maximum Gasteiger partial charge on any atom is 0.191 e. The SMILES string of the molecule is CCNC(=NCc1ccc(CN2CCCC2)cc1)NCCc1cccc2cccnc12.I. The predicted octanol–water partition coefficient (Wildman–Crippen LogP) is 4.75. The summed E-state index contributed by atoms with van der Waals surface area (Å²) in [6.45, 7) is 7.97. The summed E-state index contributed by atoms with van der Waals surface area (Å²) < 4.78 is 0. The van der Waals surface area contributed by atoms with Crippen molar-refractivity contribution in [2.75, 3.05) is 26.2 Å². The summed E-state index contributed by atoms with van der Waals surface area (Å²) in [4.78, 5) is 11.9. The summed E-state index contributed by atoms with van der Waals surface area (Å²) >= 11 is 0. The molecule has 1 aromatic heterocycles. The lowest BCUT2D eigenvalue weighted by Gasteiger charge is -2.14. The number of nitrogens with zero attached hydrogens (tertiary/aromatic N) is 3. The molecule has 32 heavy (non-hydrogen) atoms. The average Bonchev–Trinajstić information content (AvgIpc) is 3.32. The number of benzene rings is 2. The number of nitrogens with one attached hydrogen (secondary N) is 2. The molecule has 0 bridgehead atoms. The normalized spacial score (nSPS) is 14.3. The molecular weight excluding hydrogens is 509 g/mol. The van der Waals surface area contributed by atoms with E-state index in [2.05, 4.69) is 76.0 Å². The monoisotopic (exact) mass is 543 g/mol. The Morgan fingerprint density at radius 3 is 2.50 bits per heavy atom. The molecule has 2 heterocycles. The zero-order chi connectivity index (χ0) is 21.3. The van der Waals surface area contributed by atoms with Gasteiger partial charge in [0, 0.05) is 31.2 Å². The second-order valence-electron chi connectivity index (χ2n) is 8.16. The maximum absolute atomic E-state index is 4.78. The molecule has 0 unspecified atom stereocenters. The van der Waals surface area contributed by atoms with Gasteiger partial charge in [-0.05, 0) is 62.0 Å². The van der Waals surface area contributed by atoms with Crippen molar-refractivity contribution in [2.45, 2.75) is 39.3 Å². The lowest BCUT2D eigenvalue weighted by atomic mass is 10.1. The van der Waals surface area contributed by atoms with Crippen molar-refractivity contribution in [3.63, 3.8) is 0 Å². The van der Waals surface area contributed by atoms with Gasteiger partial charge in [0.2, 0.25) is 0 Å². The fraction of sp³-hybridized carbons (Fsp3) is 0.385. The van der Waals surface area contributed by atoms with E-state index in [9.17, 15) is 0 Å². The average molecular weight is 543 g/mol. The van der Waals surface area contributed by atoms with Crippen LogP contribution in [0, 0.1) is 0 Å². The van der Waals surface area contributed by atoms with Gasteiger partial charge in [-0.15, -0.1) is 24.0 Å². The molecule has 0 aliphatic carbocycles. The van der Waals surface area contributed by atoms with Crippen molar-refractivity contribution in [3.05, 3.63) is 77.5 Å². The van der Waals surface area contributed by atoms with Crippen molar-refractivity contribution in [1.29, 1.82) is 0 Å². The van der Waals surface area contributed by atoms with Gasteiger partial charge in [-0.2, -0.15) is 0 Å². The van der Waals surface area contributed by atoms with E-state index < -0.39 is 0 Å². The van der Waals surface area contributed by atoms with E-state index in [1.807, 2.05) is 12.3 Å². The Hall–Kier alpha value is -2.19. The molecular formula is C26H34IN5. The highest BCUT2D eigenvalue weighted by Crippen LogP contribution is 2.16. The Morgan fingerprint density at radius 1 is 0.969 bits per heavy atom. The minimum Gasteiger partial charge on any atom is -0.357 e. The summed E-state index contributed by atoms with van der Waals surface area (Å²) in [6, 6.07) is 19.4. The Balaban J connectivity index is 0.00000289. The van der Waals surface area contributed by atoms with Crippen LogP contribution >= 0.6 is 24.0 Å². The minimum absolute atomic E-state index is 0. The van der Waals surface area contributed by atoms with Crippen LogP contribution in [-0.4, -0.2) is 42.0 Å². The second-order valence-corrected chi connectivity index (χ2v) is 8.16. The van der Waals surface area contributed by atoms with E-state index in [1.54, 1.807) is 0 Å². The van der Waals surface area contributed by atoms with Crippen LogP contribution in [0.15, 0.2) is 65.8 Å². The van der Waals surface area contributed by atoms with E-state index in [-0.39, 0.29) is 24.0 Å². The first-order valence-corrected chi connectivity index (χ1v) is 11.5. The van der Waals surface area contributed by atoms with Crippen LogP contribution in [0.1, 0.15) is 36.5 Å². The van der Waals surface area contributed by atoms with Gasteiger partial charge in [0.05, 0.1) is 12.1 Å². The molecule has 1 saturated heterocycles. The van der Waals surface area contributed by atoms with Crippen molar-refractivity contribution < 1.29 is 0 Å². The number of aromatic nitrogens is 1. The lowest BCUT2D eigenvalue weighted by Crippen LogP contribution is -2.38. The molecule has 1 aliphatic rings. The van der Waals surface area contributed by atoms with E-state index in [0.29, 0.717) is 6.54 Å². The molecule has 1 fully saturated rings. The van der Waals surface area contributed by atoms with E-state index in [1.165, 1.54) is 48.0 Å². The second kappa shape index (κ2) is 12.7. The van der Waals surface area contributed by atoms with Gasteiger partial charge in [0.25, 0.3) is 0 Å². The Bertz CT molecular complexity index is 991. The van der Waals surface area contributed by atoms with Crippen molar-refractivity contribution >= 4 is 40.8 Å². The fourth-order valence-electron chi connectivity index (χ4n) is 4.15. The van der Waals surface area contributed by atoms with Crippen LogP contribution < -0.4 is 10.6 Å². The first kappa shape index (κ1) is 24.5. The third-order valence-corrected chi connectivity index (χ3v) is 5.79. The molecule has 1 aliphatic heterocycles. The van der Waals surface area contributed by atoms with Gasteiger partial charge in [0.15, 0.2) is 5.96 Å². The summed E-state index contributed by atoms with van der Waals surface area (Å²) in [5.41, 5.74) is 4.97. The maximum atomic E-state index is 4.78. The Morgan fingerprint density at radius 2 is 1.72 bits per heavy atom. The molecule has 3 aromatic rings. The zero-order valence-corrected chi connectivity index (χ0v) is 21.2. The van der Waals surface area contributed by atoms with Gasteiger partial charge < -0.3 is 10.6 Å². The van der Waals surface area contributed by atoms with Crippen LogP contribution in [0.2, 0.25) is 0 Å². The number of para-hydroxylation sites is 1. The molecule has 0 spiro atoms. The molecule has 170 valence electrons. The van der Waals surface area contributed by atoms with E-state index in [0.717, 1.165) is 37.5 Å². The van der Waals surface area contributed by atoms with Crippen LogP contribution in [0.3, 0.4) is 0 Å². The number of pyridine rings is 1.